The van der Waals surface area contributed by atoms with Gasteiger partial charge in [0.2, 0.25) is 0 Å². The molecule has 11 heavy (non-hydrogen) atoms. The molecule has 0 aromatic heterocycles. The van der Waals surface area contributed by atoms with Crippen LogP contribution in [0.1, 0.15) is 19.8 Å². The summed E-state index contributed by atoms with van der Waals surface area (Å²) in [6.45, 7) is 1.84. The van der Waals surface area contributed by atoms with Crippen LogP contribution < -0.4 is 0 Å². The summed E-state index contributed by atoms with van der Waals surface area (Å²) in [4.78, 5) is 4.21. The molecule has 1 nitrogen and oxygen atoms in total. The molecule has 0 saturated carbocycles. The van der Waals surface area contributed by atoms with Gasteiger partial charge in [-0.25, -0.2) is 4.99 Å². The highest BCUT2D eigenvalue weighted by atomic mass is 14.7. The van der Waals surface area contributed by atoms with Gasteiger partial charge in [-0.2, -0.15) is 0 Å². The minimum atomic E-state index is 0.739. The lowest BCUT2D eigenvalue weighted by atomic mass is 10.1. The van der Waals surface area contributed by atoms with E-state index in [1.54, 1.807) is 0 Å². The molecule has 1 aliphatic carbocycles. The highest BCUT2D eigenvalue weighted by Crippen LogP contribution is 2.10. The average molecular weight is 145 g/mol. The van der Waals surface area contributed by atoms with E-state index in [1.165, 1.54) is 0 Å². The second-order valence-corrected chi connectivity index (χ2v) is 2.45. The maximum atomic E-state index is 5.16. The van der Waals surface area contributed by atoms with Crippen molar-refractivity contribution in [2.45, 2.75) is 19.8 Å². The minimum absolute atomic E-state index is 0.739. The molecule has 1 heteroatoms. The van der Waals surface area contributed by atoms with E-state index >= 15 is 0 Å². The fourth-order valence-electron chi connectivity index (χ4n) is 0.908. The van der Waals surface area contributed by atoms with E-state index in [2.05, 4.69) is 23.1 Å². The fraction of sp³-hybridized carbons (Fsp3) is 0.300. The van der Waals surface area contributed by atoms with Gasteiger partial charge >= 0.3 is 0 Å². The zero-order valence-corrected chi connectivity index (χ0v) is 6.67. The van der Waals surface area contributed by atoms with Gasteiger partial charge in [-0.15, -0.1) is 6.42 Å². The second kappa shape index (κ2) is 3.78. The maximum absolute atomic E-state index is 5.16. The van der Waals surface area contributed by atoms with Crippen molar-refractivity contribution in [3.05, 3.63) is 23.9 Å². The first-order valence-corrected chi connectivity index (χ1v) is 3.71. The molecule has 1 rings (SSSR count). The molecule has 0 aliphatic heterocycles. The van der Waals surface area contributed by atoms with Gasteiger partial charge in [-0.1, -0.05) is 18.1 Å². The first kappa shape index (κ1) is 7.81. The second-order valence-electron chi connectivity index (χ2n) is 2.45. The van der Waals surface area contributed by atoms with Crippen LogP contribution in [-0.2, 0) is 0 Å². The van der Waals surface area contributed by atoms with E-state index in [1.807, 2.05) is 13.0 Å². The normalized spacial score (nSPS) is 17.5. The molecule has 0 bridgehead atoms. The van der Waals surface area contributed by atoms with Crippen molar-refractivity contribution in [2.75, 3.05) is 0 Å². The van der Waals surface area contributed by atoms with Crippen molar-refractivity contribution in [3.8, 4) is 12.3 Å². The molecule has 0 N–H and O–H groups in total. The van der Waals surface area contributed by atoms with Gasteiger partial charge in [0.25, 0.3) is 0 Å². The van der Waals surface area contributed by atoms with Crippen molar-refractivity contribution in [2.24, 2.45) is 4.99 Å². The summed E-state index contributed by atoms with van der Waals surface area (Å²) in [6.07, 6.45) is 13.6. The van der Waals surface area contributed by atoms with E-state index in [9.17, 15) is 0 Å². The standard InChI is InChI=1S/C10H11N/c1-3-9(2)11-10-7-5-4-6-8-10/h1,5,7-8H,4,6H2,2H3/b11-9-. The largest absolute Gasteiger partial charge is 0.245 e. The third kappa shape index (κ3) is 2.43. The lowest BCUT2D eigenvalue weighted by Crippen LogP contribution is -1.87. The Balaban J connectivity index is 2.71. The van der Waals surface area contributed by atoms with Crippen LogP contribution in [-0.4, -0.2) is 5.71 Å². The SMILES string of the molecule is C#C/C(C)=N\C1=CCCC=C1. The predicted molar refractivity (Wildman–Crippen MR) is 48.4 cm³/mol. The molecule has 0 radical (unpaired) electrons. The summed E-state index contributed by atoms with van der Waals surface area (Å²) in [6, 6.07) is 0. The average Bonchev–Trinajstić information content (AvgIpc) is 2.06. The van der Waals surface area contributed by atoms with E-state index in [0.717, 1.165) is 24.3 Å². The summed E-state index contributed by atoms with van der Waals surface area (Å²) in [7, 11) is 0. The van der Waals surface area contributed by atoms with Gasteiger partial charge in [-0.05, 0) is 25.8 Å². The molecular weight excluding hydrogens is 134 g/mol. The van der Waals surface area contributed by atoms with Gasteiger partial charge < -0.3 is 0 Å². The molecule has 0 aromatic carbocycles. The Kier molecular flexibility index (Phi) is 2.68. The van der Waals surface area contributed by atoms with Crippen LogP contribution in [0.2, 0.25) is 0 Å². The summed E-state index contributed by atoms with van der Waals surface area (Å²) in [5.41, 5.74) is 1.73. The van der Waals surface area contributed by atoms with E-state index in [4.69, 9.17) is 6.42 Å². The Bertz CT molecular complexity index is 261. The Morgan fingerprint density at radius 2 is 2.45 bits per heavy atom. The summed E-state index contributed by atoms with van der Waals surface area (Å²) in [5, 5.41) is 0. The topological polar surface area (TPSA) is 12.4 Å². The summed E-state index contributed by atoms with van der Waals surface area (Å²) in [5.74, 6) is 2.49. The zero-order chi connectivity index (χ0) is 8.10. The van der Waals surface area contributed by atoms with E-state index < -0.39 is 0 Å². The number of allylic oxidation sites excluding steroid dienone is 3. The Morgan fingerprint density at radius 3 is 3.00 bits per heavy atom. The quantitative estimate of drug-likeness (QED) is 0.396. The first-order valence-electron chi connectivity index (χ1n) is 3.71. The number of hydrogen-bond acceptors (Lipinski definition) is 1. The lowest BCUT2D eigenvalue weighted by Gasteiger charge is -2.00. The Hall–Kier alpha value is -1.29. The smallest absolute Gasteiger partial charge is 0.0872 e. The minimum Gasteiger partial charge on any atom is -0.245 e. The molecule has 0 atom stereocenters. The molecule has 1 aliphatic rings. The van der Waals surface area contributed by atoms with Crippen LogP contribution >= 0.6 is 0 Å². The highest BCUT2D eigenvalue weighted by molar-refractivity contribution is 5.98. The van der Waals surface area contributed by atoms with Crippen molar-refractivity contribution in [3.63, 3.8) is 0 Å². The number of nitrogens with zero attached hydrogens (tertiary/aromatic N) is 1. The van der Waals surface area contributed by atoms with E-state index in [-0.39, 0.29) is 0 Å². The maximum Gasteiger partial charge on any atom is 0.0872 e. The molecule has 0 fully saturated rings. The van der Waals surface area contributed by atoms with Crippen LogP contribution in [0.25, 0.3) is 0 Å². The molecular formula is C10H11N. The summed E-state index contributed by atoms with van der Waals surface area (Å²) >= 11 is 0. The van der Waals surface area contributed by atoms with Crippen molar-refractivity contribution in [1.29, 1.82) is 0 Å². The van der Waals surface area contributed by atoms with E-state index in [0.29, 0.717) is 0 Å². The fourth-order valence-corrected chi connectivity index (χ4v) is 0.908. The number of terminal acetylenes is 1. The van der Waals surface area contributed by atoms with Crippen LogP contribution in [0.4, 0.5) is 0 Å². The third-order valence-electron chi connectivity index (χ3n) is 1.48. The van der Waals surface area contributed by atoms with Crippen LogP contribution in [0, 0.1) is 12.3 Å². The Morgan fingerprint density at radius 1 is 1.64 bits per heavy atom. The van der Waals surface area contributed by atoms with Crippen molar-refractivity contribution < 1.29 is 0 Å². The van der Waals surface area contributed by atoms with Gasteiger partial charge in [-0.3, -0.25) is 0 Å². The van der Waals surface area contributed by atoms with Crippen LogP contribution in [0.3, 0.4) is 0 Å². The van der Waals surface area contributed by atoms with Crippen molar-refractivity contribution >= 4 is 5.71 Å². The molecule has 0 amide bonds. The monoisotopic (exact) mass is 145 g/mol. The number of hydrogen-bond donors (Lipinski definition) is 0. The Labute approximate surface area is 67.5 Å². The number of aliphatic imine (C=N–C) groups is 1. The van der Waals surface area contributed by atoms with Crippen molar-refractivity contribution in [1.82, 2.24) is 0 Å². The molecule has 0 unspecified atom stereocenters. The summed E-state index contributed by atoms with van der Waals surface area (Å²) < 4.78 is 0. The highest BCUT2D eigenvalue weighted by Gasteiger charge is 1.93. The number of rotatable bonds is 1. The first-order chi connectivity index (χ1) is 5.33. The predicted octanol–water partition coefficient (Wildman–Crippen LogP) is 2.31. The van der Waals surface area contributed by atoms with Gasteiger partial charge in [0.15, 0.2) is 0 Å². The molecule has 0 heterocycles. The van der Waals surface area contributed by atoms with Crippen LogP contribution in [0.15, 0.2) is 28.9 Å². The van der Waals surface area contributed by atoms with Gasteiger partial charge in [0.05, 0.1) is 11.4 Å². The molecule has 56 valence electrons. The molecule has 0 aromatic rings. The molecule has 0 saturated heterocycles. The lowest BCUT2D eigenvalue weighted by molar-refractivity contribution is 1.01. The third-order valence-corrected chi connectivity index (χ3v) is 1.48. The van der Waals surface area contributed by atoms with Gasteiger partial charge in [0, 0.05) is 0 Å². The van der Waals surface area contributed by atoms with Crippen LogP contribution in [0.5, 0.6) is 0 Å². The molecule has 0 spiro atoms. The van der Waals surface area contributed by atoms with Gasteiger partial charge in [0.1, 0.15) is 0 Å². The zero-order valence-electron chi connectivity index (χ0n) is 6.67.